The highest BCUT2D eigenvalue weighted by Crippen LogP contribution is 2.32. The van der Waals surface area contributed by atoms with Gasteiger partial charge in [-0.05, 0) is 30.2 Å². The maximum absolute atomic E-state index is 14.5. The predicted octanol–water partition coefficient (Wildman–Crippen LogP) is 5.75. The van der Waals surface area contributed by atoms with Crippen molar-refractivity contribution in [2.75, 3.05) is 5.32 Å². The second kappa shape index (κ2) is 9.47. The molecule has 1 amide bonds. The third-order valence-corrected chi connectivity index (χ3v) is 6.10. The minimum absolute atomic E-state index is 0.0615. The van der Waals surface area contributed by atoms with Gasteiger partial charge in [-0.15, -0.1) is 0 Å². The van der Waals surface area contributed by atoms with Gasteiger partial charge in [0.15, 0.2) is 11.5 Å². The van der Waals surface area contributed by atoms with Crippen molar-refractivity contribution in [2.45, 2.75) is 20.3 Å². The topological polar surface area (TPSA) is 125 Å². The Balaban J connectivity index is 1.39. The molecule has 0 radical (unpaired) electrons. The Kier molecular flexibility index (Phi) is 5.83. The van der Waals surface area contributed by atoms with Gasteiger partial charge in [0.1, 0.15) is 16.9 Å². The lowest BCUT2D eigenvalue weighted by atomic mass is 10.1. The lowest BCUT2D eigenvalue weighted by Gasteiger charge is -2.08. The zero-order valence-electron chi connectivity index (χ0n) is 20.7. The SMILES string of the molecule is CC(C)CC(=O)Nc1cncc(-c2ccc3[nH]nc(-c4nc5c(-c6ccccc6F)cncc5[nH]4)c3n2)c1. The van der Waals surface area contributed by atoms with Gasteiger partial charge >= 0.3 is 0 Å². The van der Waals surface area contributed by atoms with Gasteiger partial charge < -0.3 is 10.3 Å². The summed E-state index contributed by atoms with van der Waals surface area (Å²) in [6, 6.07) is 12.1. The summed E-state index contributed by atoms with van der Waals surface area (Å²) in [5, 5.41) is 10.3. The number of imidazole rings is 1. The summed E-state index contributed by atoms with van der Waals surface area (Å²) in [5.74, 6) is 0.327. The van der Waals surface area contributed by atoms with Crippen LogP contribution >= 0.6 is 0 Å². The highest BCUT2D eigenvalue weighted by atomic mass is 19.1. The van der Waals surface area contributed by atoms with Crippen LogP contribution in [0.15, 0.2) is 67.3 Å². The maximum Gasteiger partial charge on any atom is 0.224 e. The van der Waals surface area contributed by atoms with E-state index in [9.17, 15) is 9.18 Å². The van der Waals surface area contributed by atoms with Crippen molar-refractivity contribution in [1.29, 1.82) is 0 Å². The number of carbonyl (C=O) groups is 1. The monoisotopic (exact) mass is 506 g/mol. The molecule has 0 aliphatic carbocycles. The molecule has 9 nitrogen and oxygen atoms in total. The molecule has 10 heteroatoms. The molecule has 0 unspecified atom stereocenters. The minimum atomic E-state index is -0.348. The van der Waals surface area contributed by atoms with Crippen molar-refractivity contribution in [3.63, 3.8) is 0 Å². The van der Waals surface area contributed by atoms with E-state index >= 15 is 0 Å². The molecule has 0 fully saturated rings. The standard InChI is InChI=1S/C28H23FN8O/c1-15(2)9-24(38)32-17-10-16(11-30-12-17)21-7-8-22-26(33-21)27(37-36-22)28-34-23-14-31-13-19(25(23)35-28)18-5-3-4-6-20(18)29/h3-8,10-15H,9H2,1-2H3,(H,32,38)(H,34,35)(H,36,37). The van der Waals surface area contributed by atoms with Crippen molar-refractivity contribution >= 4 is 33.7 Å². The number of hydrogen-bond acceptors (Lipinski definition) is 6. The smallest absolute Gasteiger partial charge is 0.224 e. The molecule has 0 aliphatic heterocycles. The molecular weight excluding hydrogens is 483 g/mol. The molecule has 1 aromatic carbocycles. The number of nitrogens with one attached hydrogen (secondary N) is 3. The quantitative estimate of drug-likeness (QED) is 0.264. The molecule has 38 heavy (non-hydrogen) atoms. The van der Waals surface area contributed by atoms with Crippen LogP contribution < -0.4 is 5.32 Å². The second-order valence-corrected chi connectivity index (χ2v) is 9.42. The van der Waals surface area contributed by atoms with Gasteiger partial charge in [0.25, 0.3) is 0 Å². The highest BCUT2D eigenvalue weighted by Gasteiger charge is 2.18. The molecule has 0 aliphatic rings. The second-order valence-electron chi connectivity index (χ2n) is 9.42. The number of hydrogen-bond donors (Lipinski definition) is 3. The molecule has 5 heterocycles. The Bertz CT molecular complexity index is 1810. The van der Waals surface area contributed by atoms with Crippen LogP contribution in [-0.4, -0.2) is 41.0 Å². The van der Waals surface area contributed by atoms with E-state index in [-0.39, 0.29) is 17.6 Å². The lowest BCUT2D eigenvalue weighted by molar-refractivity contribution is -0.116. The van der Waals surface area contributed by atoms with Crippen LogP contribution in [0.2, 0.25) is 0 Å². The van der Waals surface area contributed by atoms with E-state index in [1.54, 1.807) is 43.0 Å². The number of halogens is 1. The molecule has 0 bridgehead atoms. The third-order valence-electron chi connectivity index (χ3n) is 6.10. The molecule has 6 rings (SSSR count). The number of carbonyl (C=O) groups excluding carboxylic acids is 1. The van der Waals surface area contributed by atoms with Crippen molar-refractivity contribution in [3.8, 4) is 33.9 Å². The van der Waals surface area contributed by atoms with Crippen molar-refractivity contribution in [1.82, 2.24) is 35.1 Å². The Morgan fingerprint density at radius 1 is 0.947 bits per heavy atom. The number of anilines is 1. The lowest BCUT2D eigenvalue weighted by Crippen LogP contribution is -2.14. The summed E-state index contributed by atoms with van der Waals surface area (Å²) in [4.78, 5) is 33.6. The molecule has 5 aromatic heterocycles. The van der Waals surface area contributed by atoms with Crippen LogP contribution in [0.5, 0.6) is 0 Å². The Hall–Kier alpha value is -4.99. The first-order valence-electron chi connectivity index (χ1n) is 12.2. The molecule has 3 N–H and O–H groups in total. The largest absolute Gasteiger partial charge is 0.335 e. The zero-order valence-corrected chi connectivity index (χ0v) is 20.7. The average molecular weight is 507 g/mol. The van der Waals surface area contributed by atoms with E-state index in [4.69, 9.17) is 9.97 Å². The van der Waals surface area contributed by atoms with Gasteiger partial charge in [-0.2, -0.15) is 5.10 Å². The first kappa shape index (κ1) is 23.4. The van der Waals surface area contributed by atoms with E-state index < -0.39 is 0 Å². The van der Waals surface area contributed by atoms with E-state index in [2.05, 4.69) is 30.5 Å². The fourth-order valence-corrected chi connectivity index (χ4v) is 4.38. The average Bonchev–Trinajstić information content (AvgIpc) is 3.52. The van der Waals surface area contributed by atoms with Crippen LogP contribution in [0.4, 0.5) is 10.1 Å². The summed E-state index contributed by atoms with van der Waals surface area (Å²) >= 11 is 0. The number of amides is 1. The van der Waals surface area contributed by atoms with E-state index in [1.165, 1.54) is 6.07 Å². The normalized spacial score (nSPS) is 11.5. The van der Waals surface area contributed by atoms with Crippen molar-refractivity contribution in [2.24, 2.45) is 5.92 Å². The zero-order chi connectivity index (χ0) is 26.2. The number of aromatic nitrogens is 7. The fraction of sp³-hybridized carbons (Fsp3) is 0.143. The predicted molar refractivity (Wildman–Crippen MR) is 143 cm³/mol. The van der Waals surface area contributed by atoms with Crippen LogP contribution in [0.25, 0.3) is 56.0 Å². The van der Waals surface area contributed by atoms with E-state index in [0.717, 1.165) is 11.1 Å². The van der Waals surface area contributed by atoms with Gasteiger partial charge in [-0.1, -0.05) is 32.0 Å². The number of nitrogens with zero attached hydrogens (tertiary/aromatic N) is 5. The molecule has 0 saturated heterocycles. The number of rotatable bonds is 6. The highest BCUT2D eigenvalue weighted by molar-refractivity contribution is 5.96. The number of fused-ring (bicyclic) bond motifs is 2. The van der Waals surface area contributed by atoms with Crippen LogP contribution in [-0.2, 0) is 4.79 Å². The summed E-state index contributed by atoms with van der Waals surface area (Å²) < 4.78 is 14.5. The van der Waals surface area contributed by atoms with Crippen LogP contribution in [0.3, 0.4) is 0 Å². The van der Waals surface area contributed by atoms with Crippen LogP contribution in [0, 0.1) is 11.7 Å². The number of H-pyrrole nitrogens is 2. The minimum Gasteiger partial charge on any atom is -0.335 e. The van der Waals surface area contributed by atoms with Crippen LogP contribution in [0.1, 0.15) is 20.3 Å². The fourth-order valence-electron chi connectivity index (χ4n) is 4.38. The molecule has 0 atom stereocenters. The third kappa shape index (κ3) is 4.36. The first-order chi connectivity index (χ1) is 18.5. The summed E-state index contributed by atoms with van der Waals surface area (Å²) in [6.45, 7) is 3.99. The molecular formula is C28H23FN8O. The first-order valence-corrected chi connectivity index (χ1v) is 12.2. The maximum atomic E-state index is 14.5. The van der Waals surface area contributed by atoms with Gasteiger partial charge in [0.05, 0.1) is 34.8 Å². The Labute approximate surface area is 216 Å². The number of benzene rings is 1. The molecule has 6 aromatic rings. The van der Waals surface area contributed by atoms with Crippen molar-refractivity contribution < 1.29 is 9.18 Å². The van der Waals surface area contributed by atoms with Crippen molar-refractivity contribution in [3.05, 3.63) is 73.1 Å². The summed E-state index contributed by atoms with van der Waals surface area (Å²) in [6.07, 6.45) is 6.98. The van der Waals surface area contributed by atoms with Gasteiger partial charge in [0, 0.05) is 35.5 Å². The number of aromatic amines is 2. The Morgan fingerprint density at radius 3 is 2.63 bits per heavy atom. The van der Waals surface area contributed by atoms with E-state index in [1.807, 2.05) is 32.0 Å². The van der Waals surface area contributed by atoms with Gasteiger partial charge in [-0.25, -0.2) is 14.4 Å². The molecule has 0 spiro atoms. The summed E-state index contributed by atoms with van der Waals surface area (Å²) in [7, 11) is 0. The molecule has 188 valence electrons. The summed E-state index contributed by atoms with van der Waals surface area (Å²) in [5.41, 5.74) is 6.11. The number of pyridine rings is 3. The van der Waals surface area contributed by atoms with E-state index in [0.29, 0.717) is 57.0 Å². The van der Waals surface area contributed by atoms with Gasteiger partial charge in [0.2, 0.25) is 5.91 Å². The Morgan fingerprint density at radius 2 is 1.79 bits per heavy atom. The van der Waals surface area contributed by atoms with Gasteiger partial charge in [-0.3, -0.25) is 19.9 Å². The molecule has 0 saturated carbocycles.